The maximum atomic E-state index is 13.7. The summed E-state index contributed by atoms with van der Waals surface area (Å²) in [5.74, 6) is 1.16. The SMILES string of the molecule is Cc1cccnc1N(C(=O)N1CCC(c2cnn3cccnc23)CC1)[C@@H]1CCCNC1. The second-order valence-corrected chi connectivity index (χ2v) is 8.55. The quantitative estimate of drug-likeness (QED) is 0.706. The normalized spacial score (nSPS) is 20.2. The lowest BCUT2D eigenvalue weighted by Gasteiger charge is -2.40. The third kappa shape index (κ3) is 3.87. The standard InChI is InChI=1S/C23H29N7O/c1-17-5-2-10-25-21(17)30(19-6-3-9-24-15-19)23(31)28-13-7-18(8-14-28)20-16-27-29-12-4-11-26-22(20)29/h2,4-5,10-12,16,18-19,24H,3,6-9,13-15H2,1H3/t19-/m1/s1. The van der Waals surface area contributed by atoms with Crippen molar-refractivity contribution >= 4 is 17.5 Å². The summed E-state index contributed by atoms with van der Waals surface area (Å²) in [6.45, 7) is 5.32. The Labute approximate surface area is 182 Å². The molecule has 162 valence electrons. The maximum Gasteiger partial charge on any atom is 0.325 e. The van der Waals surface area contributed by atoms with E-state index < -0.39 is 0 Å². The molecule has 0 aliphatic carbocycles. The van der Waals surface area contributed by atoms with Crippen LogP contribution in [0.15, 0.2) is 43.0 Å². The first-order valence-corrected chi connectivity index (χ1v) is 11.2. The van der Waals surface area contributed by atoms with Crippen LogP contribution < -0.4 is 10.2 Å². The predicted molar refractivity (Wildman–Crippen MR) is 119 cm³/mol. The van der Waals surface area contributed by atoms with Crippen LogP contribution in [0.25, 0.3) is 5.65 Å². The minimum atomic E-state index is 0.0759. The lowest BCUT2D eigenvalue weighted by Crippen LogP contribution is -2.55. The Kier molecular flexibility index (Phi) is 5.55. The van der Waals surface area contributed by atoms with Gasteiger partial charge >= 0.3 is 6.03 Å². The van der Waals surface area contributed by atoms with E-state index in [0.717, 1.165) is 68.9 Å². The number of aromatic nitrogens is 4. The molecule has 0 spiro atoms. The van der Waals surface area contributed by atoms with Crippen molar-refractivity contribution in [1.29, 1.82) is 0 Å². The number of likely N-dealkylation sites (tertiary alicyclic amines) is 1. The van der Waals surface area contributed by atoms with Crippen LogP contribution in [0.3, 0.4) is 0 Å². The van der Waals surface area contributed by atoms with Crippen molar-refractivity contribution in [2.75, 3.05) is 31.1 Å². The highest BCUT2D eigenvalue weighted by molar-refractivity contribution is 5.92. The number of aryl methyl sites for hydroxylation is 1. The molecule has 3 aromatic rings. The molecule has 0 bridgehead atoms. The van der Waals surface area contributed by atoms with E-state index in [4.69, 9.17) is 0 Å². The van der Waals surface area contributed by atoms with E-state index in [1.165, 1.54) is 5.56 Å². The molecule has 5 rings (SSSR count). The topological polar surface area (TPSA) is 78.7 Å². The van der Waals surface area contributed by atoms with Crippen LogP contribution in [-0.2, 0) is 0 Å². The van der Waals surface area contributed by atoms with Crippen LogP contribution >= 0.6 is 0 Å². The Balaban J connectivity index is 1.34. The lowest BCUT2D eigenvalue weighted by molar-refractivity contribution is 0.184. The summed E-state index contributed by atoms with van der Waals surface area (Å²) in [7, 11) is 0. The number of hydrogen-bond donors (Lipinski definition) is 1. The van der Waals surface area contributed by atoms with Gasteiger partial charge in [-0.1, -0.05) is 6.07 Å². The zero-order chi connectivity index (χ0) is 21.2. The van der Waals surface area contributed by atoms with Crippen LogP contribution in [-0.4, -0.2) is 62.7 Å². The average molecular weight is 420 g/mol. The predicted octanol–water partition coefficient (Wildman–Crippen LogP) is 2.99. The van der Waals surface area contributed by atoms with Crippen LogP contribution in [0.4, 0.5) is 10.6 Å². The van der Waals surface area contributed by atoms with E-state index in [9.17, 15) is 4.79 Å². The number of nitrogens with zero attached hydrogens (tertiary/aromatic N) is 6. The van der Waals surface area contributed by atoms with Gasteiger partial charge in [-0.15, -0.1) is 0 Å². The molecule has 2 aliphatic rings. The smallest absolute Gasteiger partial charge is 0.324 e. The van der Waals surface area contributed by atoms with Crippen molar-refractivity contribution in [1.82, 2.24) is 29.8 Å². The Bertz CT molecular complexity index is 1050. The first-order valence-electron chi connectivity index (χ1n) is 11.2. The van der Waals surface area contributed by atoms with E-state index in [1.807, 2.05) is 58.0 Å². The molecule has 2 aliphatic heterocycles. The number of fused-ring (bicyclic) bond motifs is 1. The first kappa shape index (κ1) is 19.9. The number of carbonyl (C=O) groups is 1. The number of nitrogens with one attached hydrogen (secondary N) is 1. The molecule has 5 heterocycles. The molecule has 1 N–H and O–H groups in total. The van der Waals surface area contributed by atoms with Crippen molar-refractivity contribution in [3.05, 3.63) is 54.1 Å². The minimum Gasteiger partial charge on any atom is -0.324 e. The van der Waals surface area contributed by atoms with Crippen molar-refractivity contribution < 1.29 is 4.79 Å². The second-order valence-electron chi connectivity index (χ2n) is 8.55. The van der Waals surface area contributed by atoms with E-state index in [2.05, 4.69) is 20.4 Å². The van der Waals surface area contributed by atoms with Gasteiger partial charge in [0.05, 0.1) is 12.2 Å². The fraction of sp³-hybridized carbons (Fsp3) is 0.478. The summed E-state index contributed by atoms with van der Waals surface area (Å²) in [4.78, 5) is 26.7. The van der Waals surface area contributed by atoms with E-state index in [0.29, 0.717) is 5.92 Å². The molecule has 2 fully saturated rings. The van der Waals surface area contributed by atoms with Gasteiger partial charge in [-0.3, -0.25) is 4.90 Å². The maximum absolute atomic E-state index is 13.7. The fourth-order valence-electron chi connectivity index (χ4n) is 4.87. The van der Waals surface area contributed by atoms with Crippen LogP contribution in [0.5, 0.6) is 0 Å². The van der Waals surface area contributed by atoms with Crippen molar-refractivity contribution in [2.24, 2.45) is 0 Å². The number of carbonyl (C=O) groups excluding carboxylic acids is 1. The fourth-order valence-corrected chi connectivity index (χ4v) is 4.87. The third-order valence-electron chi connectivity index (χ3n) is 6.56. The molecule has 0 radical (unpaired) electrons. The molecule has 0 saturated carbocycles. The number of amides is 2. The monoisotopic (exact) mass is 419 g/mol. The summed E-state index contributed by atoms with van der Waals surface area (Å²) in [6, 6.07) is 6.06. The highest BCUT2D eigenvalue weighted by atomic mass is 16.2. The highest BCUT2D eigenvalue weighted by Gasteiger charge is 2.34. The number of piperidine rings is 2. The second kappa shape index (κ2) is 8.63. The van der Waals surface area contributed by atoms with E-state index >= 15 is 0 Å². The summed E-state index contributed by atoms with van der Waals surface area (Å²) < 4.78 is 1.83. The van der Waals surface area contributed by atoms with Crippen LogP contribution in [0, 0.1) is 6.92 Å². The molecule has 8 nitrogen and oxygen atoms in total. The minimum absolute atomic E-state index is 0.0759. The zero-order valence-corrected chi connectivity index (χ0v) is 17.9. The Morgan fingerprint density at radius 2 is 2.00 bits per heavy atom. The summed E-state index contributed by atoms with van der Waals surface area (Å²) in [5, 5.41) is 7.89. The molecule has 3 aromatic heterocycles. The lowest BCUT2D eigenvalue weighted by atomic mass is 9.91. The summed E-state index contributed by atoms with van der Waals surface area (Å²) in [6.07, 6.45) is 11.4. The molecule has 31 heavy (non-hydrogen) atoms. The summed E-state index contributed by atoms with van der Waals surface area (Å²) in [5.41, 5.74) is 3.14. The number of hydrogen-bond acceptors (Lipinski definition) is 5. The van der Waals surface area contributed by atoms with Gasteiger partial charge in [0.2, 0.25) is 0 Å². The number of rotatable bonds is 3. The Hall–Kier alpha value is -3.00. The summed E-state index contributed by atoms with van der Waals surface area (Å²) >= 11 is 0. The Morgan fingerprint density at radius 3 is 2.77 bits per heavy atom. The van der Waals surface area contributed by atoms with Crippen LogP contribution in [0.1, 0.15) is 42.7 Å². The van der Waals surface area contributed by atoms with Gasteiger partial charge in [-0.05, 0) is 62.8 Å². The molecular formula is C23H29N7O. The molecule has 0 unspecified atom stereocenters. The highest BCUT2D eigenvalue weighted by Crippen LogP contribution is 2.32. The van der Waals surface area contributed by atoms with E-state index in [1.54, 1.807) is 6.20 Å². The number of anilines is 1. The van der Waals surface area contributed by atoms with Gasteiger partial charge < -0.3 is 10.2 Å². The van der Waals surface area contributed by atoms with Gasteiger partial charge in [0, 0.05) is 43.8 Å². The molecule has 1 atom stereocenters. The van der Waals surface area contributed by atoms with Gasteiger partial charge in [0.15, 0.2) is 5.65 Å². The van der Waals surface area contributed by atoms with Crippen molar-refractivity contribution in [3.8, 4) is 0 Å². The first-order chi connectivity index (χ1) is 15.2. The van der Waals surface area contributed by atoms with Gasteiger partial charge in [-0.25, -0.2) is 19.3 Å². The van der Waals surface area contributed by atoms with Gasteiger partial charge in [-0.2, -0.15) is 5.10 Å². The number of urea groups is 1. The molecule has 2 saturated heterocycles. The third-order valence-corrected chi connectivity index (χ3v) is 6.56. The van der Waals surface area contributed by atoms with Crippen molar-refractivity contribution in [3.63, 3.8) is 0 Å². The molecule has 0 aromatic carbocycles. The Morgan fingerprint density at radius 1 is 1.16 bits per heavy atom. The van der Waals surface area contributed by atoms with Crippen molar-refractivity contribution in [2.45, 2.75) is 44.6 Å². The van der Waals surface area contributed by atoms with Gasteiger partial charge in [0.1, 0.15) is 5.82 Å². The zero-order valence-electron chi connectivity index (χ0n) is 17.9. The number of pyridine rings is 1. The largest absolute Gasteiger partial charge is 0.325 e. The van der Waals surface area contributed by atoms with E-state index in [-0.39, 0.29) is 12.1 Å². The average Bonchev–Trinajstić information content (AvgIpc) is 3.25. The molecular weight excluding hydrogens is 390 g/mol. The van der Waals surface area contributed by atoms with Crippen LogP contribution in [0.2, 0.25) is 0 Å². The molecule has 2 amide bonds. The van der Waals surface area contributed by atoms with Gasteiger partial charge in [0.25, 0.3) is 0 Å². The molecule has 8 heteroatoms.